The van der Waals surface area contributed by atoms with Crippen LogP contribution in [0.5, 0.6) is 0 Å². The number of aromatic nitrogens is 4. The number of piperidine rings is 1. The van der Waals surface area contributed by atoms with E-state index in [2.05, 4.69) is 52.0 Å². The second-order valence-corrected chi connectivity index (χ2v) is 5.77. The molecule has 1 saturated heterocycles. The summed E-state index contributed by atoms with van der Waals surface area (Å²) in [4.78, 5) is 7.92. The third-order valence-electron chi connectivity index (χ3n) is 3.25. The standard InChI is InChI=1S/C10H8BrN7.C5H11N/c1-13-7-2-8(17-18-10(7)11)16-9-5-14-6(3-12)4-15-9;1-2-4-6-5-3-1/h2,4-5H,1H3,(H2,13,15,16,17);6H,1-5H2. The van der Waals surface area contributed by atoms with Gasteiger partial charge in [0.25, 0.3) is 0 Å². The minimum absolute atomic E-state index is 0.262. The van der Waals surface area contributed by atoms with E-state index in [9.17, 15) is 0 Å². The first-order valence-electron chi connectivity index (χ1n) is 7.64. The molecule has 0 radical (unpaired) electrons. The van der Waals surface area contributed by atoms with E-state index in [1.165, 1.54) is 44.7 Å². The van der Waals surface area contributed by atoms with Crippen LogP contribution in [0.25, 0.3) is 0 Å². The summed E-state index contributed by atoms with van der Waals surface area (Å²) < 4.78 is 0.626. The van der Waals surface area contributed by atoms with E-state index in [0.717, 1.165) is 5.69 Å². The zero-order valence-corrected chi connectivity index (χ0v) is 15.0. The van der Waals surface area contributed by atoms with Crippen molar-refractivity contribution in [3.8, 4) is 6.07 Å². The monoisotopic (exact) mass is 390 g/mol. The Morgan fingerprint density at radius 3 is 2.42 bits per heavy atom. The fourth-order valence-corrected chi connectivity index (χ4v) is 2.39. The zero-order valence-electron chi connectivity index (χ0n) is 13.4. The molecule has 0 bridgehead atoms. The molecule has 0 aromatic carbocycles. The molecular weight excluding hydrogens is 372 g/mol. The van der Waals surface area contributed by atoms with Crippen LogP contribution in [0.4, 0.5) is 17.3 Å². The van der Waals surface area contributed by atoms with Gasteiger partial charge in [-0.05, 0) is 41.9 Å². The molecule has 8 nitrogen and oxygen atoms in total. The van der Waals surface area contributed by atoms with Gasteiger partial charge in [-0.25, -0.2) is 9.97 Å². The molecule has 0 atom stereocenters. The Labute approximate surface area is 149 Å². The lowest BCUT2D eigenvalue weighted by Gasteiger charge is -2.08. The highest BCUT2D eigenvalue weighted by molar-refractivity contribution is 9.10. The number of rotatable bonds is 3. The van der Waals surface area contributed by atoms with Crippen molar-refractivity contribution < 1.29 is 0 Å². The summed E-state index contributed by atoms with van der Waals surface area (Å²) in [6.07, 6.45) is 7.06. The fraction of sp³-hybridized carbons (Fsp3) is 0.400. The van der Waals surface area contributed by atoms with Crippen molar-refractivity contribution >= 4 is 33.3 Å². The lowest BCUT2D eigenvalue weighted by Crippen LogP contribution is -2.21. The van der Waals surface area contributed by atoms with Gasteiger partial charge in [-0.2, -0.15) is 5.26 Å². The molecule has 0 spiro atoms. The molecule has 2 aromatic heterocycles. The Balaban J connectivity index is 0.000000292. The molecule has 0 saturated carbocycles. The van der Waals surface area contributed by atoms with E-state index in [1.54, 1.807) is 13.1 Å². The van der Waals surface area contributed by atoms with E-state index in [4.69, 9.17) is 5.26 Å². The second-order valence-electron chi connectivity index (χ2n) is 5.02. The van der Waals surface area contributed by atoms with Gasteiger partial charge < -0.3 is 16.0 Å². The second kappa shape index (κ2) is 9.75. The molecule has 1 fully saturated rings. The number of hydrogen-bond acceptors (Lipinski definition) is 8. The van der Waals surface area contributed by atoms with E-state index in [0.29, 0.717) is 16.2 Å². The summed E-state index contributed by atoms with van der Waals surface area (Å²) >= 11 is 3.27. The predicted molar refractivity (Wildman–Crippen MR) is 96.0 cm³/mol. The van der Waals surface area contributed by atoms with Crippen molar-refractivity contribution in [3.63, 3.8) is 0 Å². The average Bonchev–Trinajstić information content (AvgIpc) is 2.66. The Kier molecular flexibility index (Phi) is 7.32. The predicted octanol–water partition coefficient (Wildman–Crippen LogP) is 2.45. The molecule has 0 aliphatic carbocycles. The number of nitrogens with zero attached hydrogens (tertiary/aromatic N) is 5. The molecule has 126 valence electrons. The van der Waals surface area contributed by atoms with E-state index in [1.807, 2.05) is 6.07 Å². The van der Waals surface area contributed by atoms with Crippen LogP contribution in [0.2, 0.25) is 0 Å². The van der Waals surface area contributed by atoms with Crippen LogP contribution in [0.3, 0.4) is 0 Å². The summed E-state index contributed by atoms with van der Waals surface area (Å²) in [6, 6.07) is 3.67. The molecule has 1 aliphatic heterocycles. The van der Waals surface area contributed by atoms with Crippen molar-refractivity contribution in [2.75, 3.05) is 30.8 Å². The summed E-state index contributed by atoms with van der Waals surface area (Å²) in [7, 11) is 1.78. The van der Waals surface area contributed by atoms with Gasteiger partial charge in [-0.1, -0.05) is 6.42 Å². The maximum Gasteiger partial charge on any atom is 0.158 e. The van der Waals surface area contributed by atoms with E-state index >= 15 is 0 Å². The van der Waals surface area contributed by atoms with Crippen molar-refractivity contribution in [1.29, 1.82) is 5.26 Å². The third-order valence-corrected chi connectivity index (χ3v) is 3.83. The van der Waals surface area contributed by atoms with Crippen LogP contribution >= 0.6 is 15.9 Å². The number of halogens is 1. The SMILES string of the molecule is C1CCNCC1.CNc1cc(Nc2cnc(C#N)cn2)nnc1Br. The minimum Gasteiger partial charge on any atom is -0.386 e. The minimum atomic E-state index is 0.262. The van der Waals surface area contributed by atoms with Gasteiger partial charge >= 0.3 is 0 Å². The van der Waals surface area contributed by atoms with Gasteiger partial charge in [0.1, 0.15) is 11.9 Å². The highest BCUT2D eigenvalue weighted by Crippen LogP contribution is 2.21. The van der Waals surface area contributed by atoms with Gasteiger partial charge in [0.15, 0.2) is 16.1 Å². The zero-order chi connectivity index (χ0) is 17.2. The first kappa shape index (κ1) is 18.0. The summed E-state index contributed by atoms with van der Waals surface area (Å²) in [5.41, 5.74) is 1.06. The molecular formula is C15H19BrN8. The Morgan fingerprint density at radius 1 is 1.12 bits per heavy atom. The maximum absolute atomic E-state index is 8.61. The Morgan fingerprint density at radius 2 is 1.92 bits per heavy atom. The third kappa shape index (κ3) is 5.72. The molecule has 3 N–H and O–H groups in total. The first-order chi connectivity index (χ1) is 11.7. The van der Waals surface area contributed by atoms with Gasteiger partial charge in [0.2, 0.25) is 0 Å². The molecule has 3 heterocycles. The van der Waals surface area contributed by atoms with Crippen molar-refractivity contribution in [1.82, 2.24) is 25.5 Å². The summed E-state index contributed by atoms with van der Waals surface area (Å²) in [5.74, 6) is 1.02. The maximum atomic E-state index is 8.61. The highest BCUT2D eigenvalue weighted by Gasteiger charge is 2.04. The van der Waals surface area contributed by atoms with Crippen molar-refractivity contribution in [2.45, 2.75) is 19.3 Å². The molecule has 0 unspecified atom stereocenters. The highest BCUT2D eigenvalue weighted by atomic mass is 79.9. The van der Waals surface area contributed by atoms with Gasteiger partial charge in [0.05, 0.1) is 18.1 Å². The van der Waals surface area contributed by atoms with E-state index in [-0.39, 0.29) is 5.69 Å². The van der Waals surface area contributed by atoms with Crippen LogP contribution in [0.1, 0.15) is 25.0 Å². The van der Waals surface area contributed by atoms with Gasteiger partial charge in [-0.15, -0.1) is 10.2 Å². The largest absolute Gasteiger partial charge is 0.386 e. The number of hydrogen-bond donors (Lipinski definition) is 3. The molecule has 2 aromatic rings. The lowest BCUT2D eigenvalue weighted by molar-refractivity contribution is 0.520. The summed E-state index contributed by atoms with van der Waals surface area (Å²) in [5, 5.41) is 25.7. The Hall–Kier alpha value is -2.31. The average molecular weight is 391 g/mol. The van der Waals surface area contributed by atoms with Crippen LogP contribution in [-0.2, 0) is 0 Å². The van der Waals surface area contributed by atoms with Crippen LogP contribution in [0, 0.1) is 11.3 Å². The smallest absolute Gasteiger partial charge is 0.158 e. The topological polar surface area (TPSA) is 111 Å². The van der Waals surface area contributed by atoms with E-state index < -0.39 is 0 Å². The number of nitriles is 1. The van der Waals surface area contributed by atoms with Crippen LogP contribution in [-0.4, -0.2) is 40.3 Å². The molecule has 9 heteroatoms. The Bertz CT molecular complexity index is 667. The van der Waals surface area contributed by atoms with Gasteiger partial charge in [-0.3, -0.25) is 0 Å². The van der Waals surface area contributed by atoms with Gasteiger partial charge in [0, 0.05) is 13.1 Å². The number of anilines is 3. The fourth-order valence-electron chi connectivity index (χ4n) is 2.00. The van der Waals surface area contributed by atoms with Crippen LogP contribution in [0.15, 0.2) is 23.1 Å². The molecule has 3 rings (SSSR count). The van der Waals surface area contributed by atoms with Crippen LogP contribution < -0.4 is 16.0 Å². The quantitative estimate of drug-likeness (QED) is 0.732. The molecule has 0 amide bonds. The number of nitrogens with one attached hydrogen (secondary N) is 3. The van der Waals surface area contributed by atoms with Crippen molar-refractivity contribution in [2.24, 2.45) is 0 Å². The normalized spacial score (nSPS) is 13.2. The summed E-state index contributed by atoms with van der Waals surface area (Å²) in [6.45, 7) is 2.50. The molecule has 1 aliphatic rings. The van der Waals surface area contributed by atoms with Crippen molar-refractivity contribution in [3.05, 3.63) is 28.8 Å². The molecule has 24 heavy (non-hydrogen) atoms. The first-order valence-corrected chi connectivity index (χ1v) is 8.43. The lowest BCUT2D eigenvalue weighted by atomic mass is 10.2.